The maximum atomic E-state index is 10.6. The third-order valence-electron chi connectivity index (χ3n) is 5.09. The van der Waals surface area contributed by atoms with Crippen molar-refractivity contribution < 1.29 is 9.84 Å². The number of methoxy groups -OCH3 is 1. The van der Waals surface area contributed by atoms with Gasteiger partial charge in [-0.3, -0.25) is 0 Å². The van der Waals surface area contributed by atoms with Crippen molar-refractivity contribution in [2.24, 2.45) is 0 Å². The molecule has 0 saturated carbocycles. The van der Waals surface area contributed by atoms with Gasteiger partial charge in [-0.1, -0.05) is 18.2 Å². The van der Waals surface area contributed by atoms with E-state index in [2.05, 4.69) is 27.5 Å². The first-order chi connectivity index (χ1) is 13.2. The number of aryl methyl sites for hydroxylation is 1. The lowest BCUT2D eigenvalue weighted by atomic mass is 9.93. The Labute approximate surface area is 171 Å². The number of halogens is 1. The van der Waals surface area contributed by atoms with Crippen LogP contribution in [0.2, 0.25) is 0 Å². The van der Waals surface area contributed by atoms with E-state index in [-0.39, 0.29) is 18.3 Å². The van der Waals surface area contributed by atoms with Gasteiger partial charge < -0.3 is 15.2 Å². The predicted octanol–water partition coefficient (Wildman–Crippen LogP) is 3.09. The number of rotatable bonds is 6. The van der Waals surface area contributed by atoms with Crippen LogP contribution in [0.5, 0.6) is 11.6 Å². The molecule has 1 atom stereocenters. The molecule has 0 radical (unpaired) electrons. The molecule has 7 heteroatoms. The number of pyridine rings is 1. The van der Waals surface area contributed by atoms with Crippen molar-refractivity contribution in [2.45, 2.75) is 31.7 Å². The fourth-order valence-electron chi connectivity index (χ4n) is 3.58. The molecule has 4 rings (SSSR count). The van der Waals surface area contributed by atoms with Crippen LogP contribution in [-0.4, -0.2) is 39.6 Å². The summed E-state index contributed by atoms with van der Waals surface area (Å²) in [6, 6.07) is 14.1. The molecule has 0 aliphatic heterocycles. The van der Waals surface area contributed by atoms with Gasteiger partial charge in [-0.15, -0.1) is 12.4 Å². The van der Waals surface area contributed by atoms with E-state index in [0.717, 1.165) is 49.2 Å². The Morgan fingerprint density at radius 3 is 2.75 bits per heavy atom. The molecule has 148 valence electrons. The van der Waals surface area contributed by atoms with Gasteiger partial charge in [0.25, 0.3) is 0 Å². The average molecular weight is 401 g/mol. The van der Waals surface area contributed by atoms with E-state index < -0.39 is 0 Å². The van der Waals surface area contributed by atoms with Gasteiger partial charge in [-0.05, 0) is 62.1 Å². The lowest BCUT2D eigenvalue weighted by Gasteiger charge is -2.22. The van der Waals surface area contributed by atoms with Gasteiger partial charge in [0.05, 0.1) is 12.8 Å². The number of fused-ring (bicyclic) bond motifs is 1. The topological polar surface area (TPSA) is 72.2 Å². The summed E-state index contributed by atoms with van der Waals surface area (Å²) >= 11 is 0. The van der Waals surface area contributed by atoms with Crippen molar-refractivity contribution in [3.05, 3.63) is 65.5 Å². The van der Waals surface area contributed by atoms with E-state index in [1.54, 1.807) is 18.0 Å². The van der Waals surface area contributed by atoms with Crippen LogP contribution < -0.4 is 10.1 Å². The Balaban J connectivity index is 0.00000225. The van der Waals surface area contributed by atoms with E-state index in [0.29, 0.717) is 11.9 Å². The molecule has 1 aliphatic carbocycles. The number of ether oxygens (including phenoxy) is 1. The van der Waals surface area contributed by atoms with Gasteiger partial charge in [-0.25, -0.2) is 4.98 Å². The highest BCUT2D eigenvalue weighted by atomic mass is 35.5. The number of nitrogens with zero attached hydrogens (tertiary/aromatic N) is 3. The maximum absolute atomic E-state index is 10.6. The predicted molar refractivity (Wildman–Crippen MR) is 111 cm³/mol. The van der Waals surface area contributed by atoms with E-state index >= 15 is 0 Å². The molecular formula is C21H25ClN4O2. The lowest BCUT2D eigenvalue weighted by Crippen LogP contribution is -2.35. The molecule has 0 amide bonds. The van der Waals surface area contributed by atoms with Crippen LogP contribution in [0.3, 0.4) is 0 Å². The highest BCUT2D eigenvalue weighted by molar-refractivity contribution is 5.85. The first kappa shape index (κ1) is 20.2. The summed E-state index contributed by atoms with van der Waals surface area (Å²) in [6.07, 6.45) is 5.35. The Morgan fingerprint density at radius 1 is 1.21 bits per heavy atom. The van der Waals surface area contributed by atoms with Crippen molar-refractivity contribution in [3.63, 3.8) is 0 Å². The number of nitrogens with one attached hydrogen (secondary N) is 1. The smallest absolute Gasteiger partial charge is 0.219 e. The first-order valence-corrected chi connectivity index (χ1v) is 9.32. The van der Waals surface area contributed by atoms with Crippen LogP contribution in [0, 0.1) is 0 Å². The van der Waals surface area contributed by atoms with E-state index in [4.69, 9.17) is 4.74 Å². The SMILES string of the molecule is COc1ccc(CCNC2CCc3nn(-c4ccccn4)c(O)c3C2)cc1.Cl. The van der Waals surface area contributed by atoms with Gasteiger partial charge in [0, 0.05) is 17.8 Å². The maximum Gasteiger partial charge on any atom is 0.219 e. The van der Waals surface area contributed by atoms with Crippen LogP contribution in [0.4, 0.5) is 0 Å². The molecule has 1 unspecified atom stereocenters. The third-order valence-corrected chi connectivity index (χ3v) is 5.09. The quantitative estimate of drug-likeness (QED) is 0.665. The second-order valence-electron chi connectivity index (χ2n) is 6.84. The Morgan fingerprint density at radius 2 is 2.04 bits per heavy atom. The zero-order chi connectivity index (χ0) is 18.6. The summed E-state index contributed by atoms with van der Waals surface area (Å²) in [5, 5.41) is 18.8. The summed E-state index contributed by atoms with van der Waals surface area (Å²) in [7, 11) is 1.68. The highest BCUT2D eigenvalue weighted by Gasteiger charge is 2.26. The lowest BCUT2D eigenvalue weighted by molar-refractivity contribution is 0.413. The Bertz CT molecular complexity index is 897. The fourth-order valence-corrected chi connectivity index (χ4v) is 3.58. The van der Waals surface area contributed by atoms with Crippen LogP contribution in [0.15, 0.2) is 48.7 Å². The second kappa shape index (κ2) is 9.08. The van der Waals surface area contributed by atoms with Gasteiger partial charge in [0.15, 0.2) is 5.82 Å². The molecule has 1 aliphatic rings. The first-order valence-electron chi connectivity index (χ1n) is 9.32. The van der Waals surface area contributed by atoms with Crippen molar-refractivity contribution in [2.75, 3.05) is 13.7 Å². The van der Waals surface area contributed by atoms with Crippen molar-refractivity contribution in [3.8, 4) is 17.4 Å². The largest absolute Gasteiger partial charge is 0.497 e. The van der Waals surface area contributed by atoms with E-state index in [1.165, 1.54) is 5.56 Å². The van der Waals surface area contributed by atoms with Crippen LogP contribution in [-0.2, 0) is 19.3 Å². The molecule has 3 aromatic rings. The zero-order valence-electron chi connectivity index (χ0n) is 15.8. The number of hydrogen-bond donors (Lipinski definition) is 2. The standard InChI is InChI=1S/C21H24N4O2.ClH/c1-27-17-8-5-15(6-9-17)11-13-22-16-7-10-19-18(14-16)21(26)25(24-19)20-4-2-3-12-23-20;/h2-6,8-9,12,16,22,26H,7,10-11,13-14H2,1H3;1H. The number of aromatic hydroxyl groups is 1. The normalized spacial score (nSPS) is 15.5. The molecule has 28 heavy (non-hydrogen) atoms. The van der Waals surface area contributed by atoms with Crippen molar-refractivity contribution in [1.82, 2.24) is 20.1 Å². The molecule has 2 aromatic heterocycles. The summed E-state index contributed by atoms with van der Waals surface area (Å²) in [5.41, 5.74) is 3.20. The molecule has 0 saturated heterocycles. The number of hydrogen-bond acceptors (Lipinski definition) is 5. The molecule has 0 fully saturated rings. The van der Waals surface area contributed by atoms with Gasteiger partial charge >= 0.3 is 0 Å². The van der Waals surface area contributed by atoms with Gasteiger partial charge in [0.2, 0.25) is 5.88 Å². The highest BCUT2D eigenvalue weighted by Crippen LogP contribution is 2.30. The summed E-state index contributed by atoms with van der Waals surface area (Å²) in [6.45, 7) is 0.904. The van der Waals surface area contributed by atoms with Crippen LogP contribution >= 0.6 is 12.4 Å². The summed E-state index contributed by atoms with van der Waals surface area (Å²) in [4.78, 5) is 4.28. The minimum absolute atomic E-state index is 0. The molecule has 0 bridgehead atoms. The molecular weight excluding hydrogens is 376 g/mol. The monoisotopic (exact) mass is 400 g/mol. The molecule has 0 spiro atoms. The molecule has 6 nitrogen and oxygen atoms in total. The summed E-state index contributed by atoms with van der Waals surface area (Å²) in [5.74, 6) is 1.74. The Hall–Kier alpha value is -2.57. The van der Waals surface area contributed by atoms with Crippen LogP contribution in [0.25, 0.3) is 5.82 Å². The minimum atomic E-state index is 0. The number of benzene rings is 1. The van der Waals surface area contributed by atoms with Crippen molar-refractivity contribution >= 4 is 12.4 Å². The average Bonchev–Trinajstić information content (AvgIpc) is 3.05. The molecule has 1 aromatic carbocycles. The van der Waals surface area contributed by atoms with E-state index in [9.17, 15) is 5.11 Å². The minimum Gasteiger partial charge on any atom is -0.497 e. The number of aromatic nitrogens is 3. The second-order valence-corrected chi connectivity index (χ2v) is 6.84. The van der Waals surface area contributed by atoms with Crippen molar-refractivity contribution in [1.29, 1.82) is 0 Å². The van der Waals surface area contributed by atoms with Crippen LogP contribution in [0.1, 0.15) is 23.2 Å². The fraction of sp³-hybridized carbons (Fsp3) is 0.333. The molecule has 2 N–H and O–H groups in total. The van der Waals surface area contributed by atoms with E-state index in [1.807, 2.05) is 30.3 Å². The Kier molecular flexibility index (Phi) is 6.54. The summed E-state index contributed by atoms with van der Waals surface area (Å²) < 4.78 is 6.74. The third kappa shape index (κ3) is 4.29. The zero-order valence-corrected chi connectivity index (χ0v) is 16.7. The molecule has 2 heterocycles. The van der Waals surface area contributed by atoms with Gasteiger partial charge in [-0.2, -0.15) is 9.78 Å². The van der Waals surface area contributed by atoms with Gasteiger partial charge in [0.1, 0.15) is 5.75 Å².